The van der Waals surface area contributed by atoms with E-state index in [1.807, 2.05) is 0 Å². The maximum atomic E-state index is 2.46. The zero-order chi connectivity index (χ0) is 12.8. The lowest BCUT2D eigenvalue weighted by atomic mass is 9.74. The Morgan fingerprint density at radius 3 is 1.00 bits per heavy atom. The van der Waals surface area contributed by atoms with Crippen LogP contribution in [0, 0.1) is 23.7 Å². The van der Waals surface area contributed by atoms with Gasteiger partial charge in [-0.15, -0.1) is 0 Å². The van der Waals surface area contributed by atoms with E-state index in [1.165, 1.54) is 51.4 Å². The Kier molecular flexibility index (Phi) is 6.05. The zero-order valence-corrected chi connectivity index (χ0v) is 12.8. The summed E-state index contributed by atoms with van der Waals surface area (Å²) in [5.74, 6) is 4.19. The van der Waals surface area contributed by atoms with Crippen molar-refractivity contribution in [2.75, 3.05) is 0 Å². The Morgan fingerprint density at radius 2 is 0.722 bits per heavy atom. The van der Waals surface area contributed by atoms with Gasteiger partial charge in [0.25, 0.3) is 0 Å². The summed E-state index contributed by atoms with van der Waals surface area (Å²) in [5.41, 5.74) is 0. The maximum Gasteiger partial charge on any atom is -0.0386 e. The first-order chi connectivity index (χ1) is 8.75. The molecule has 0 aromatic rings. The molecule has 0 aromatic carbocycles. The standard InChI is InChI=1S/C18H34/c1-15-7-3-11-17(12-4-8-15)18-13-5-9-16(2)10-6-14-18/h15-18H,3-14H2,1-2H3. The van der Waals surface area contributed by atoms with Crippen LogP contribution in [0.5, 0.6) is 0 Å². The van der Waals surface area contributed by atoms with Crippen LogP contribution >= 0.6 is 0 Å². The molecule has 0 aromatic heterocycles. The van der Waals surface area contributed by atoms with Crippen LogP contribution in [0.1, 0.15) is 90.9 Å². The lowest BCUT2D eigenvalue weighted by Gasteiger charge is -2.32. The van der Waals surface area contributed by atoms with Gasteiger partial charge in [-0.2, -0.15) is 0 Å². The van der Waals surface area contributed by atoms with E-state index in [-0.39, 0.29) is 0 Å². The van der Waals surface area contributed by atoms with E-state index in [0.717, 1.165) is 23.7 Å². The Morgan fingerprint density at radius 1 is 0.444 bits per heavy atom. The summed E-state index contributed by atoms with van der Waals surface area (Å²) in [5, 5.41) is 0. The Labute approximate surface area is 115 Å². The number of rotatable bonds is 1. The second-order valence-electron chi connectivity index (χ2n) is 7.45. The van der Waals surface area contributed by atoms with Crippen molar-refractivity contribution in [3.63, 3.8) is 0 Å². The smallest absolute Gasteiger partial charge is 0.0386 e. The highest BCUT2D eigenvalue weighted by Crippen LogP contribution is 2.37. The summed E-state index contributed by atoms with van der Waals surface area (Å²) >= 11 is 0. The highest BCUT2D eigenvalue weighted by atomic mass is 14.3. The van der Waals surface area contributed by atoms with Crippen molar-refractivity contribution in [2.24, 2.45) is 23.7 Å². The summed E-state index contributed by atoms with van der Waals surface area (Å²) < 4.78 is 0. The van der Waals surface area contributed by atoms with E-state index in [2.05, 4.69) is 13.8 Å². The van der Waals surface area contributed by atoms with Gasteiger partial charge in [0.15, 0.2) is 0 Å². The molecule has 2 fully saturated rings. The molecule has 2 rings (SSSR count). The average molecular weight is 250 g/mol. The molecule has 106 valence electrons. The molecular weight excluding hydrogens is 216 g/mol. The van der Waals surface area contributed by atoms with Crippen molar-refractivity contribution < 1.29 is 0 Å². The van der Waals surface area contributed by atoms with Gasteiger partial charge in [-0.3, -0.25) is 0 Å². The first-order valence-electron chi connectivity index (χ1n) is 8.75. The van der Waals surface area contributed by atoms with Crippen LogP contribution in [0.25, 0.3) is 0 Å². The molecule has 0 atom stereocenters. The van der Waals surface area contributed by atoms with Gasteiger partial charge in [0.2, 0.25) is 0 Å². The maximum absolute atomic E-state index is 2.46. The predicted molar refractivity (Wildman–Crippen MR) is 80.7 cm³/mol. The van der Waals surface area contributed by atoms with E-state index in [0.29, 0.717) is 0 Å². The van der Waals surface area contributed by atoms with Gasteiger partial charge in [0.05, 0.1) is 0 Å². The fraction of sp³-hybridized carbons (Fsp3) is 1.00. The van der Waals surface area contributed by atoms with Crippen LogP contribution in [0.2, 0.25) is 0 Å². The Bertz CT molecular complexity index is 176. The number of hydrogen-bond acceptors (Lipinski definition) is 0. The predicted octanol–water partition coefficient (Wildman–Crippen LogP) is 6.20. The van der Waals surface area contributed by atoms with Gasteiger partial charge in [-0.1, -0.05) is 90.9 Å². The molecular formula is C18H34. The Hall–Kier alpha value is 0. The van der Waals surface area contributed by atoms with Crippen LogP contribution in [0.3, 0.4) is 0 Å². The molecule has 18 heavy (non-hydrogen) atoms. The molecule has 0 radical (unpaired) electrons. The van der Waals surface area contributed by atoms with E-state index < -0.39 is 0 Å². The second-order valence-corrected chi connectivity index (χ2v) is 7.45. The van der Waals surface area contributed by atoms with Gasteiger partial charge >= 0.3 is 0 Å². The molecule has 2 aliphatic carbocycles. The van der Waals surface area contributed by atoms with E-state index in [1.54, 1.807) is 25.7 Å². The van der Waals surface area contributed by atoms with Crippen molar-refractivity contribution in [2.45, 2.75) is 90.9 Å². The van der Waals surface area contributed by atoms with E-state index >= 15 is 0 Å². The van der Waals surface area contributed by atoms with Crippen LogP contribution in [-0.2, 0) is 0 Å². The van der Waals surface area contributed by atoms with Crippen molar-refractivity contribution in [3.05, 3.63) is 0 Å². The molecule has 0 spiro atoms. The van der Waals surface area contributed by atoms with Gasteiger partial charge in [0.1, 0.15) is 0 Å². The lowest BCUT2D eigenvalue weighted by Crippen LogP contribution is -2.19. The first-order valence-corrected chi connectivity index (χ1v) is 8.75. The van der Waals surface area contributed by atoms with Crippen molar-refractivity contribution in [3.8, 4) is 0 Å². The molecule has 0 saturated heterocycles. The van der Waals surface area contributed by atoms with Crippen LogP contribution < -0.4 is 0 Å². The fourth-order valence-corrected chi connectivity index (χ4v) is 4.43. The average Bonchev–Trinajstić information content (AvgIpc) is 2.29. The highest BCUT2D eigenvalue weighted by Gasteiger charge is 2.24. The van der Waals surface area contributed by atoms with Gasteiger partial charge in [-0.05, 0) is 23.7 Å². The first kappa shape index (κ1) is 14.4. The molecule has 0 heterocycles. The number of hydrogen-bond donors (Lipinski definition) is 0. The summed E-state index contributed by atoms with van der Waals surface area (Å²) in [6, 6.07) is 0. The quantitative estimate of drug-likeness (QED) is 0.520. The van der Waals surface area contributed by atoms with E-state index in [4.69, 9.17) is 0 Å². The molecule has 2 aliphatic rings. The van der Waals surface area contributed by atoms with E-state index in [9.17, 15) is 0 Å². The molecule has 2 saturated carbocycles. The molecule has 0 N–H and O–H groups in total. The molecule has 0 unspecified atom stereocenters. The molecule has 0 aliphatic heterocycles. The van der Waals surface area contributed by atoms with Gasteiger partial charge in [-0.25, -0.2) is 0 Å². The van der Waals surface area contributed by atoms with Gasteiger partial charge < -0.3 is 0 Å². The fourth-order valence-electron chi connectivity index (χ4n) is 4.43. The minimum absolute atomic E-state index is 1.00. The molecule has 0 heteroatoms. The summed E-state index contributed by atoms with van der Waals surface area (Å²) in [4.78, 5) is 0. The zero-order valence-electron chi connectivity index (χ0n) is 12.8. The lowest BCUT2D eigenvalue weighted by molar-refractivity contribution is 0.201. The second kappa shape index (κ2) is 7.56. The Balaban J connectivity index is 1.81. The normalized spacial score (nSPS) is 40.3. The van der Waals surface area contributed by atoms with Crippen LogP contribution in [0.4, 0.5) is 0 Å². The third-order valence-electron chi connectivity index (χ3n) is 5.75. The highest BCUT2D eigenvalue weighted by molar-refractivity contribution is 4.76. The van der Waals surface area contributed by atoms with Crippen molar-refractivity contribution in [1.29, 1.82) is 0 Å². The van der Waals surface area contributed by atoms with Crippen molar-refractivity contribution in [1.82, 2.24) is 0 Å². The molecule has 0 nitrogen and oxygen atoms in total. The van der Waals surface area contributed by atoms with Crippen LogP contribution in [-0.4, -0.2) is 0 Å². The minimum Gasteiger partial charge on any atom is -0.0625 e. The summed E-state index contributed by atoms with van der Waals surface area (Å²) in [6.45, 7) is 4.91. The third kappa shape index (κ3) is 4.59. The molecule has 0 amide bonds. The van der Waals surface area contributed by atoms with Gasteiger partial charge in [0, 0.05) is 0 Å². The van der Waals surface area contributed by atoms with Crippen molar-refractivity contribution >= 4 is 0 Å². The SMILES string of the molecule is CC1CCCC(C2CCCC(C)CCC2)CCC1. The third-order valence-corrected chi connectivity index (χ3v) is 5.75. The monoisotopic (exact) mass is 250 g/mol. The molecule has 0 bridgehead atoms. The minimum atomic E-state index is 1.00. The topological polar surface area (TPSA) is 0 Å². The largest absolute Gasteiger partial charge is 0.0625 e. The summed E-state index contributed by atoms with van der Waals surface area (Å²) in [7, 11) is 0. The summed E-state index contributed by atoms with van der Waals surface area (Å²) in [6.07, 6.45) is 18.2. The van der Waals surface area contributed by atoms with Crippen LogP contribution in [0.15, 0.2) is 0 Å².